The number of nitrogens with zero attached hydrogens (tertiary/aromatic N) is 1. The van der Waals surface area contributed by atoms with Crippen LogP contribution in [0.5, 0.6) is 5.75 Å². The summed E-state index contributed by atoms with van der Waals surface area (Å²) in [4.78, 5) is 8.03. The van der Waals surface area contributed by atoms with Gasteiger partial charge in [-0.15, -0.1) is 24.0 Å². The Balaban J connectivity index is 0.00000280. The lowest BCUT2D eigenvalue weighted by Crippen LogP contribution is -2.38. The van der Waals surface area contributed by atoms with Crippen LogP contribution in [0.25, 0.3) is 10.9 Å². The number of rotatable bonds is 7. The molecule has 0 saturated carbocycles. The molecule has 0 amide bonds. The average molecular weight is 492 g/mol. The van der Waals surface area contributed by atoms with Crippen molar-refractivity contribution < 1.29 is 5.11 Å². The van der Waals surface area contributed by atoms with Gasteiger partial charge in [0.25, 0.3) is 0 Å². The Morgan fingerprint density at radius 3 is 2.64 bits per heavy atom. The Morgan fingerprint density at radius 1 is 1.07 bits per heavy atom. The summed E-state index contributed by atoms with van der Waals surface area (Å²) >= 11 is 0. The lowest BCUT2D eigenvalue weighted by molar-refractivity contribution is 0.474. The molecule has 28 heavy (non-hydrogen) atoms. The summed E-state index contributed by atoms with van der Waals surface area (Å²) in [5.41, 5.74) is 4.90. The molecular weight excluding hydrogens is 463 g/mol. The number of fused-ring (bicyclic) bond motifs is 1. The van der Waals surface area contributed by atoms with Crippen molar-refractivity contribution in [3.8, 4) is 5.75 Å². The number of aromatic nitrogens is 1. The molecule has 0 unspecified atom stereocenters. The number of aromatic amines is 1. The number of para-hydroxylation sites is 1. The van der Waals surface area contributed by atoms with Gasteiger partial charge in [0.05, 0.1) is 6.54 Å². The van der Waals surface area contributed by atoms with E-state index in [1.807, 2.05) is 12.1 Å². The van der Waals surface area contributed by atoms with E-state index >= 15 is 0 Å². The van der Waals surface area contributed by atoms with Gasteiger partial charge in [-0.3, -0.25) is 0 Å². The maximum absolute atomic E-state index is 9.57. The van der Waals surface area contributed by atoms with Gasteiger partial charge in [-0.2, -0.15) is 0 Å². The smallest absolute Gasteiger partial charge is 0.191 e. The van der Waals surface area contributed by atoms with Crippen molar-refractivity contribution in [1.82, 2.24) is 15.6 Å². The number of aliphatic imine (C=N–C) groups is 1. The average Bonchev–Trinajstić information content (AvgIpc) is 3.09. The van der Waals surface area contributed by atoms with Gasteiger partial charge < -0.3 is 20.7 Å². The molecule has 150 valence electrons. The van der Waals surface area contributed by atoms with Crippen molar-refractivity contribution in [1.29, 1.82) is 0 Å². The molecule has 2 aromatic carbocycles. The van der Waals surface area contributed by atoms with Gasteiger partial charge in [0.2, 0.25) is 0 Å². The normalized spacial score (nSPS) is 11.3. The third kappa shape index (κ3) is 5.64. The Bertz CT molecular complexity index is 920. The van der Waals surface area contributed by atoms with E-state index in [4.69, 9.17) is 0 Å². The first-order valence-corrected chi connectivity index (χ1v) is 9.59. The van der Waals surface area contributed by atoms with Crippen molar-refractivity contribution in [2.45, 2.75) is 33.2 Å². The van der Waals surface area contributed by atoms with Gasteiger partial charge in [0.15, 0.2) is 5.96 Å². The summed E-state index contributed by atoms with van der Waals surface area (Å²) in [6.07, 6.45) is 4.06. The van der Waals surface area contributed by atoms with E-state index in [1.165, 1.54) is 22.0 Å². The fourth-order valence-corrected chi connectivity index (χ4v) is 3.26. The third-order valence-electron chi connectivity index (χ3n) is 4.63. The number of halogens is 1. The van der Waals surface area contributed by atoms with E-state index in [2.05, 4.69) is 58.9 Å². The van der Waals surface area contributed by atoms with E-state index in [1.54, 1.807) is 12.1 Å². The number of H-pyrrole nitrogens is 1. The van der Waals surface area contributed by atoms with Crippen molar-refractivity contribution in [3.05, 3.63) is 65.4 Å². The summed E-state index contributed by atoms with van der Waals surface area (Å²) in [6.45, 7) is 6.37. The maximum atomic E-state index is 9.57. The molecule has 0 saturated heterocycles. The predicted octanol–water partition coefficient (Wildman–Crippen LogP) is 4.35. The van der Waals surface area contributed by atoms with Crippen LogP contribution < -0.4 is 10.6 Å². The van der Waals surface area contributed by atoms with Gasteiger partial charge in [-0.25, -0.2) is 4.99 Å². The summed E-state index contributed by atoms with van der Waals surface area (Å²) in [7, 11) is 0. The molecule has 3 rings (SSSR count). The highest BCUT2D eigenvalue weighted by atomic mass is 127. The molecule has 4 N–H and O–H groups in total. The zero-order chi connectivity index (χ0) is 19.1. The molecule has 0 fully saturated rings. The highest BCUT2D eigenvalue weighted by molar-refractivity contribution is 14.0. The summed E-state index contributed by atoms with van der Waals surface area (Å²) in [6, 6.07) is 13.7. The molecule has 0 atom stereocenters. The molecule has 0 aliphatic rings. The van der Waals surface area contributed by atoms with E-state index < -0.39 is 0 Å². The standard InChI is InChI=1S/C22H28N4O.HI/c1-3-17-8-6-10-20-18(15-25-21(17)20)11-12-24-22(23-4-2)26-14-16-7-5-9-19(27)13-16;/h5-10,13,15,25,27H,3-4,11-12,14H2,1-2H3,(H2,23,24,26);1H. The van der Waals surface area contributed by atoms with Crippen molar-refractivity contribution >= 4 is 40.8 Å². The number of phenolic OH excluding ortho intramolecular Hbond substituents is 1. The van der Waals surface area contributed by atoms with E-state index in [0.717, 1.165) is 37.5 Å². The third-order valence-corrected chi connectivity index (χ3v) is 4.63. The van der Waals surface area contributed by atoms with Crippen LogP contribution in [0.2, 0.25) is 0 Å². The van der Waals surface area contributed by atoms with Crippen LogP contribution >= 0.6 is 24.0 Å². The number of hydrogen-bond acceptors (Lipinski definition) is 2. The number of aryl methyl sites for hydroxylation is 1. The molecule has 1 heterocycles. The first kappa shape index (κ1) is 22.1. The minimum absolute atomic E-state index is 0. The fourth-order valence-electron chi connectivity index (χ4n) is 3.26. The van der Waals surface area contributed by atoms with E-state index in [0.29, 0.717) is 6.54 Å². The molecule has 1 aromatic heterocycles. The molecule has 6 heteroatoms. The lowest BCUT2D eigenvalue weighted by Gasteiger charge is -2.11. The first-order valence-electron chi connectivity index (χ1n) is 9.59. The van der Waals surface area contributed by atoms with Crippen LogP contribution in [0.3, 0.4) is 0 Å². The largest absolute Gasteiger partial charge is 0.508 e. The quantitative estimate of drug-likeness (QED) is 0.225. The van der Waals surface area contributed by atoms with Crippen LogP contribution in [0.1, 0.15) is 30.5 Å². The van der Waals surface area contributed by atoms with Crippen molar-refractivity contribution in [2.75, 3.05) is 13.1 Å². The molecule has 0 bridgehead atoms. The SMILES string of the molecule is CCNC(=NCc1cccc(O)c1)NCCc1c[nH]c2c(CC)cccc12.I. The number of phenols is 1. The van der Waals surface area contributed by atoms with Gasteiger partial charge in [-0.1, -0.05) is 37.3 Å². The zero-order valence-electron chi connectivity index (χ0n) is 16.5. The van der Waals surface area contributed by atoms with Crippen LogP contribution in [-0.4, -0.2) is 29.1 Å². The second-order valence-electron chi connectivity index (χ2n) is 6.55. The van der Waals surface area contributed by atoms with Crippen molar-refractivity contribution in [2.24, 2.45) is 4.99 Å². The minimum atomic E-state index is 0. The number of aromatic hydroxyl groups is 1. The lowest BCUT2D eigenvalue weighted by atomic mass is 10.1. The van der Waals surface area contributed by atoms with Crippen LogP contribution in [-0.2, 0) is 19.4 Å². The number of guanidine groups is 1. The Hall–Kier alpha value is -2.22. The highest BCUT2D eigenvalue weighted by Gasteiger charge is 2.07. The van der Waals surface area contributed by atoms with Gasteiger partial charge in [0.1, 0.15) is 5.75 Å². The van der Waals surface area contributed by atoms with Crippen LogP contribution in [0.4, 0.5) is 0 Å². The van der Waals surface area contributed by atoms with Crippen molar-refractivity contribution in [3.63, 3.8) is 0 Å². The topological polar surface area (TPSA) is 72.4 Å². The summed E-state index contributed by atoms with van der Waals surface area (Å²) in [5.74, 6) is 1.06. The van der Waals surface area contributed by atoms with Gasteiger partial charge in [0, 0.05) is 30.2 Å². The Morgan fingerprint density at radius 2 is 1.89 bits per heavy atom. The van der Waals surface area contributed by atoms with E-state index in [-0.39, 0.29) is 29.7 Å². The Kier molecular flexibility index (Phi) is 8.63. The fraction of sp³-hybridized carbons (Fsp3) is 0.318. The number of nitrogens with one attached hydrogen (secondary N) is 3. The van der Waals surface area contributed by atoms with Crippen LogP contribution in [0.15, 0.2) is 53.7 Å². The molecule has 0 aliphatic carbocycles. The predicted molar refractivity (Wildman–Crippen MR) is 128 cm³/mol. The number of hydrogen-bond donors (Lipinski definition) is 4. The second-order valence-corrected chi connectivity index (χ2v) is 6.55. The van der Waals surface area contributed by atoms with E-state index in [9.17, 15) is 5.11 Å². The monoisotopic (exact) mass is 492 g/mol. The second kappa shape index (κ2) is 10.9. The van der Waals surface area contributed by atoms with Gasteiger partial charge >= 0.3 is 0 Å². The molecule has 0 spiro atoms. The summed E-state index contributed by atoms with van der Waals surface area (Å²) < 4.78 is 0. The zero-order valence-corrected chi connectivity index (χ0v) is 18.8. The Labute approximate surface area is 183 Å². The first-order chi connectivity index (χ1) is 13.2. The molecule has 3 aromatic rings. The molecule has 0 radical (unpaired) electrons. The van der Waals surface area contributed by atoms with Crippen LogP contribution in [0, 0.1) is 0 Å². The van der Waals surface area contributed by atoms with Gasteiger partial charge in [-0.05, 0) is 48.6 Å². The highest BCUT2D eigenvalue weighted by Crippen LogP contribution is 2.22. The summed E-state index contributed by atoms with van der Waals surface area (Å²) in [5, 5.41) is 17.5. The minimum Gasteiger partial charge on any atom is -0.508 e. The molecule has 0 aliphatic heterocycles. The maximum Gasteiger partial charge on any atom is 0.191 e. The molecular formula is C22H29IN4O. The molecule has 5 nitrogen and oxygen atoms in total. The number of benzene rings is 2.